The summed E-state index contributed by atoms with van der Waals surface area (Å²) in [6.07, 6.45) is -1.38. The van der Waals surface area contributed by atoms with Gasteiger partial charge in [-0.15, -0.1) is 0 Å². The van der Waals surface area contributed by atoms with Crippen molar-refractivity contribution in [2.24, 2.45) is 0 Å². The van der Waals surface area contributed by atoms with Crippen molar-refractivity contribution in [3.63, 3.8) is 0 Å². The van der Waals surface area contributed by atoms with E-state index in [1.165, 1.54) is 19.2 Å². The highest BCUT2D eigenvalue weighted by atomic mass is 19.1. The van der Waals surface area contributed by atoms with Gasteiger partial charge in [0.15, 0.2) is 11.8 Å². The summed E-state index contributed by atoms with van der Waals surface area (Å²) in [4.78, 5) is 18.1. The molecule has 0 radical (unpaired) electrons. The number of halogens is 1. The van der Waals surface area contributed by atoms with Crippen molar-refractivity contribution in [1.29, 1.82) is 0 Å². The number of carbonyl (C=O) groups excluding carboxylic acids is 1. The summed E-state index contributed by atoms with van der Waals surface area (Å²) in [5.41, 5.74) is 5.17. The summed E-state index contributed by atoms with van der Waals surface area (Å²) in [5.74, 6) is -0.688. The molecule has 5 aromatic rings. The maximum absolute atomic E-state index is 13.7. The predicted octanol–water partition coefficient (Wildman–Crippen LogP) is 6.73. The molecule has 1 aliphatic heterocycles. The van der Waals surface area contributed by atoms with E-state index in [1.54, 1.807) is 10.6 Å². The second-order valence-electron chi connectivity index (χ2n) is 12.0. The Hall–Kier alpha value is -4.80. The van der Waals surface area contributed by atoms with Gasteiger partial charge in [-0.25, -0.2) is 18.7 Å². The van der Waals surface area contributed by atoms with Gasteiger partial charge in [0.05, 0.1) is 36.8 Å². The smallest absolute Gasteiger partial charge is 0.339 e. The first-order valence-electron chi connectivity index (χ1n) is 14.6. The molecule has 0 bridgehead atoms. The van der Waals surface area contributed by atoms with E-state index in [2.05, 4.69) is 0 Å². The van der Waals surface area contributed by atoms with Gasteiger partial charge in [0.25, 0.3) is 0 Å². The van der Waals surface area contributed by atoms with Gasteiger partial charge in [-0.1, -0.05) is 18.2 Å². The minimum absolute atomic E-state index is 0.169. The first-order valence-corrected chi connectivity index (χ1v) is 14.6. The molecule has 0 saturated heterocycles. The van der Waals surface area contributed by atoms with Crippen LogP contribution in [0, 0.1) is 12.7 Å². The van der Waals surface area contributed by atoms with Gasteiger partial charge in [-0.05, 0) is 69.7 Å². The van der Waals surface area contributed by atoms with Crippen LogP contribution < -0.4 is 4.74 Å². The van der Waals surface area contributed by atoms with Gasteiger partial charge >= 0.3 is 5.97 Å². The van der Waals surface area contributed by atoms with Crippen LogP contribution in [0.25, 0.3) is 39.3 Å². The van der Waals surface area contributed by atoms with E-state index in [0.29, 0.717) is 69.3 Å². The van der Waals surface area contributed by atoms with Crippen LogP contribution >= 0.6 is 0 Å². The van der Waals surface area contributed by atoms with Crippen molar-refractivity contribution in [3.8, 4) is 45.1 Å². The maximum atomic E-state index is 13.7. The summed E-state index contributed by atoms with van der Waals surface area (Å²) in [6.45, 7) is 7.79. The van der Waals surface area contributed by atoms with E-state index in [0.717, 1.165) is 11.6 Å². The molecule has 0 fully saturated rings. The number of phenols is 1. The molecule has 0 spiro atoms. The van der Waals surface area contributed by atoms with Crippen LogP contribution in [0.5, 0.6) is 11.5 Å². The number of hydrogen-bond donors (Lipinski definition) is 2. The molecule has 1 aliphatic rings. The van der Waals surface area contributed by atoms with Crippen LogP contribution in [0.4, 0.5) is 4.39 Å². The molecule has 0 saturated carbocycles. The Bertz CT molecular complexity index is 1930. The topological polar surface area (TPSA) is 115 Å². The molecular weight excluding hydrogens is 577 g/mol. The normalized spacial score (nSPS) is 15.4. The van der Waals surface area contributed by atoms with E-state index >= 15 is 0 Å². The van der Waals surface area contributed by atoms with E-state index in [-0.39, 0.29) is 5.75 Å². The average molecular weight is 612 g/mol. The van der Waals surface area contributed by atoms with Crippen LogP contribution in [-0.2, 0) is 14.3 Å². The van der Waals surface area contributed by atoms with Crippen molar-refractivity contribution < 1.29 is 33.6 Å². The van der Waals surface area contributed by atoms with Crippen LogP contribution in [-0.4, -0.2) is 50.1 Å². The highest BCUT2D eigenvalue weighted by Crippen LogP contribution is 2.41. The lowest BCUT2D eigenvalue weighted by Crippen LogP contribution is -2.30. The number of nitrogens with zero attached hydrogens (tertiary/aromatic N) is 3. The summed E-state index contributed by atoms with van der Waals surface area (Å²) in [5, 5.41) is 26.2. The molecule has 3 heterocycles. The monoisotopic (exact) mass is 611 g/mol. The third-order valence-corrected chi connectivity index (χ3v) is 7.70. The number of aliphatic hydroxyl groups excluding tert-OH is 1. The third kappa shape index (κ3) is 5.86. The Kier molecular flexibility index (Phi) is 7.80. The second-order valence-corrected chi connectivity index (χ2v) is 12.0. The summed E-state index contributed by atoms with van der Waals surface area (Å²) < 4.78 is 32.6. The zero-order valence-corrected chi connectivity index (χ0v) is 25.7. The molecule has 2 aromatic heterocycles. The van der Waals surface area contributed by atoms with Gasteiger partial charge in [0, 0.05) is 52.1 Å². The summed E-state index contributed by atoms with van der Waals surface area (Å²) >= 11 is 0. The zero-order valence-electron chi connectivity index (χ0n) is 25.7. The predicted molar refractivity (Wildman–Crippen MR) is 166 cm³/mol. The highest BCUT2D eigenvalue weighted by Gasteiger charge is 2.34. The standard InChI is InChI=1S/C35H34FN3O6/c1-19-31(33(34(42)43-5)45-35(2,3)4)32(22-9-12-29-25(16-22)27(40)13-14-44-29)39-30(37-19)18-26(38-39)21-8-6-7-20(15-21)24-11-10-23(36)17-28(24)41/h6-12,15-18,27,33,40-41H,13-14H2,1-5H3/t27?,33-/m0/s1. The third-order valence-electron chi connectivity index (χ3n) is 7.70. The van der Waals surface area contributed by atoms with Gasteiger partial charge < -0.3 is 24.4 Å². The fraction of sp³-hybridized carbons (Fsp3) is 0.286. The number of aryl methyl sites for hydroxylation is 1. The first-order chi connectivity index (χ1) is 21.4. The quantitative estimate of drug-likeness (QED) is 0.203. The number of carbonyl (C=O) groups is 1. The van der Waals surface area contributed by atoms with Crippen LogP contribution in [0.2, 0.25) is 0 Å². The number of fused-ring (bicyclic) bond motifs is 2. The van der Waals surface area contributed by atoms with E-state index in [4.69, 9.17) is 24.3 Å². The van der Waals surface area contributed by atoms with E-state index in [1.807, 2.05) is 70.2 Å². The van der Waals surface area contributed by atoms with E-state index < -0.39 is 29.6 Å². The number of ether oxygens (including phenoxy) is 3. The van der Waals surface area contributed by atoms with Crippen molar-refractivity contribution in [2.45, 2.75) is 51.9 Å². The molecule has 6 rings (SSSR count). The maximum Gasteiger partial charge on any atom is 0.339 e. The van der Waals surface area contributed by atoms with Crippen molar-refractivity contribution in [2.75, 3.05) is 13.7 Å². The lowest BCUT2D eigenvalue weighted by molar-refractivity contribution is -0.164. The molecule has 0 aliphatic carbocycles. The molecule has 2 atom stereocenters. The minimum Gasteiger partial charge on any atom is -0.507 e. The molecule has 9 nitrogen and oxygen atoms in total. The van der Waals surface area contributed by atoms with Crippen LogP contribution in [0.1, 0.15) is 56.2 Å². The number of aliphatic hydroxyl groups is 1. The number of aromatic nitrogens is 3. The molecule has 232 valence electrons. The van der Waals surface area contributed by atoms with Crippen LogP contribution in [0.15, 0.2) is 66.7 Å². The number of phenolic OH excluding ortho intramolecular Hbond substituents is 1. The van der Waals surface area contributed by atoms with Crippen LogP contribution in [0.3, 0.4) is 0 Å². The largest absolute Gasteiger partial charge is 0.507 e. The molecular formula is C35H34FN3O6. The first kappa shape index (κ1) is 30.2. The Balaban J connectivity index is 1.59. The Morgan fingerprint density at radius 1 is 1.07 bits per heavy atom. The Labute approximate surface area is 259 Å². The fourth-order valence-corrected chi connectivity index (χ4v) is 5.67. The van der Waals surface area contributed by atoms with Gasteiger partial charge in [-0.3, -0.25) is 0 Å². The lowest BCUT2D eigenvalue weighted by atomic mass is 9.95. The van der Waals surface area contributed by atoms with Crippen molar-refractivity contribution in [1.82, 2.24) is 14.6 Å². The molecule has 1 unspecified atom stereocenters. The lowest BCUT2D eigenvalue weighted by Gasteiger charge is -2.29. The van der Waals surface area contributed by atoms with E-state index in [9.17, 15) is 19.4 Å². The molecule has 2 N–H and O–H groups in total. The Morgan fingerprint density at radius 3 is 2.58 bits per heavy atom. The SMILES string of the molecule is COC(=O)[C@@H](OC(C)(C)C)c1c(C)nc2cc(-c3cccc(-c4ccc(F)cc4O)c3)nn2c1-c1ccc2c(c1)C(O)CCO2. The average Bonchev–Trinajstić information content (AvgIpc) is 3.42. The zero-order chi connectivity index (χ0) is 32.0. The molecule has 45 heavy (non-hydrogen) atoms. The van der Waals surface area contributed by atoms with Crippen molar-refractivity contribution in [3.05, 3.63) is 89.4 Å². The highest BCUT2D eigenvalue weighted by molar-refractivity contribution is 5.83. The number of hydrogen-bond acceptors (Lipinski definition) is 8. The number of aromatic hydroxyl groups is 1. The van der Waals surface area contributed by atoms with Crippen molar-refractivity contribution >= 4 is 11.6 Å². The molecule has 3 aromatic carbocycles. The number of esters is 1. The second kappa shape index (κ2) is 11.6. The molecule has 10 heteroatoms. The number of benzene rings is 3. The minimum atomic E-state index is -1.13. The Morgan fingerprint density at radius 2 is 1.84 bits per heavy atom. The fourth-order valence-electron chi connectivity index (χ4n) is 5.67. The van der Waals surface area contributed by atoms with Gasteiger partial charge in [0.1, 0.15) is 17.3 Å². The van der Waals surface area contributed by atoms with Gasteiger partial charge in [0.2, 0.25) is 0 Å². The summed E-state index contributed by atoms with van der Waals surface area (Å²) in [7, 11) is 1.31. The summed E-state index contributed by atoms with van der Waals surface area (Å²) in [6, 6.07) is 18.6. The molecule has 0 amide bonds. The van der Waals surface area contributed by atoms with Gasteiger partial charge in [-0.2, -0.15) is 5.10 Å². The number of methoxy groups -OCH3 is 1. The number of rotatable bonds is 6.